The lowest BCUT2D eigenvalue weighted by Crippen LogP contribution is -2.40. The Hall–Kier alpha value is -1.30. The molecule has 2 atom stereocenters. The highest BCUT2D eigenvalue weighted by Gasteiger charge is 2.29. The van der Waals surface area contributed by atoms with Gasteiger partial charge in [-0.1, -0.05) is 18.2 Å². The molecular weight excluding hydrogens is 284 g/mol. The molecule has 0 fully saturated rings. The van der Waals surface area contributed by atoms with Crippen LogP contribution in [-0.4, -0.2) is 21.4 Å². The van der Waals surface area contributed by atoms with Gasteiger partial charge in [-0.15, -0.1) is 4.72 Å². The number of ether oxygens (including phenoxy) is 1. The molecule has 0 radical (unpaired) electrons. The smallest absolute Gasteiger partial charge is 0.221 e. The van der Waals surface area contributed by atoms with E-state index in [9.17, 15) is 4.55 Å². The van der Waals surface area contributed by atoms with Crippen LogP contribution in [0, 0.1) is 0 Å². The highest BCUT2D eigenvalue weighted by molar-refractivity contribution is 7.90. The van der Waals surface area contributed by atoms with Gasteiger partial charge in [0.25, 0.3) is 0 Å². The quantitative estimate of drug-likeness (QED) is 0.880. The lowest BCUT2D eigenvalue weighted by molar-refractivity contribution is 0.403. The van der Waals surface area contributed by atoms with Crippen LogP contribution in [0.2, 0.25) is 0 Å². The average molecular weight is 306 g/mol. The molecule has 2 rings (SSSR count). The Kier molecular flexibility index (Phi) is 4.76. The average Bonchev–Trinajstić information content (AvgIpc) is 2.44. The third-order valence-electron chi connectivity index (χ3n) is 3.29. The lowest BCUT2D eigenvalue weighted by atomic mass is 10.0. The van der Waals surface area contributed by atoms with Gasteiger partial charge in [0.1, 0.15) is 4.75 Å². The Morgan fingerprint density at radius 2 is 1.86 bits per heavy atom. The van der Waals surface area contributed by atoms with E-state index in [-0.39, 0.29) is 10.8 Å². The summed E-state index contributed by atoms with van der Waals surface area (Å²) in [6, 6.07) is 7.90. The van der Waals surface area contributed by atoms with Crippen molar-refractivity contribution >= 4 is 22.1 Å². The van der Waals surface area contributed by atoms with Gasteiger partial charge in [0, 0.05) is 22.9 Å². The maximum absolute atomic E-state index is 12.3. The zero-order chi connectivity index (χ0) is 15.6. The van der Waals surface area contributed by atoms with E-state index in [1.165, 1.54) is 0 Å². The SMILES string of the molecule is COc1ncc([C@@H](C)N[S@@+]([O-])C(C)(C)C)c2ccccc12. The number of pyridine rings is 1. The molecule has 0 saturated carbocycles. The molecular formula is C16H22N2O2S. The third-order valence-corrected chi connectivity index (χ3v) is 4.97. The standard InChI is InChI=1S/C16H22N2O2S/c1-11(18-21(19)16(2,3)4)14-10-17-15(20-5)13-9-7-6-8-12(13)14/h6-11,18H,1-5H3/t11-,21+/m1/s1. The molecule has 4 nitrogen and oxygen atoms in total. The van der Waals surface area contributed by atoms with E-state index >= 15 is 0 Å². The molecule has 21 heavy (non-hydrogen) atoms. The molecule has 0 unspecified atom stereocenters. The van der Waals surface area contributed by atoms with Crippen molar-refractivity contribution in [2.24, 2.45) is 0 Å². The normalized spacial score (nSPS) is 15.0. The summed E-state index contributed by atoms with van der Waals surface area (Å²) in [6.07, 6.45) is 1.79. The van der Waals surface area contributed by atoms with Crippen LogP contribution in [-0.2, 0) is 11.4 Å². The Balaban J connectivity index is 2.38. The van der Waals surface area contributed by atoms with Crippen LogP contribution < -0.4 is 9.46 Å². The first-order valence-electron chi connectivity index (χ1n) is 6.94. The van der Waals surface area contributed by atoms with Gasteiger partial charge < -0.3 is 9.29 Å². The molecule has 0 bridgehead atoms. The van der Waals surface area contributed by atoms with Gasteiger partial charge in [0.05, 0.1) is 13.2 Å². The van der Waals surface area contributed by atoms with E-state index in [4.69, 9.17) is 4.74 Å². The molecule has 1 aromatic carbocycles. The van der Waals surface area contributed by atoms with E-state index in [2.05, 4.69) is 9.71 Å². The number of methoxy groups -OCH3 is 1. The second-order valence-corrected chi connectivity index (χ2v) is 7.99. The first-order chi connectivity index (χ1) is 9.84. The maximum atomic E-state index is 12.3. The van der Waals surface area contributed by atoms with Gasteiger partial charge in [-0.05, 0) is 44.7 Å². The van der Waals surface area contributed by atoms with Crippen molar-refractivity contribution in [1.29, 1.82) is 0 Å². The van der Waals surface area contributed by atoms with Gasteiger partial charge >= 0.3 is 0 Å². The summed E-state index contributed by atoms with van der Waals surface area (Å²) in [5.41, 5.74) is 1.02. The van der Waals surface area contributed by atoms with E-state index < -0.39 is 11.4 Å². The van der Waals surface area contributed by atoms with Crippen LogP contribution in [0.1, 0.15) is 39.3 Å². The summed E-state index contributed by atoms with van der Waals surface area (Å²) < 4.78 is 20.4. The number of hydrogen-bond donors (Lipinski definition) is 1. The minimum atomic E-state index is -1.13. The van der Waals surface area contributed by atoms with Crippen LogP contribution in [0.4, 0.5) is 0 Å². The summed E-state index contributed by atoms with van der Waals surface area (Å²) in [6.45, 7) is 7.85. The second-order valence-electron chi connectivity index (χ2n) is 5.99. The Morgan fingerprint density at radius 1 is 1.24 bits per heavy atom. The van der Waals surface area contributed by atoms with Crippen molar-refractivity contribution < 1.29 is 9.29 Å². The van der Waals surface area contributed by atoms with Gasteiger partial charge in [-0.3, -0.25) is 0 Å². The third kappa shape index (κ3) is 3.48. The molecule has 1 heterocycles. The van der Waals surface area contributed by atoms with E-state index in [1.807, 2.05) is 52.0 Å². The van der Waals surface area contributed by atoms with Crippen molar-refractivity contribution in [2.45, 2.75) is 38.5 Å². The van der Waals surface area contributed by atoms with Crippen molar-refractivity contribution in [3.8, 4) is 5.88 Å². The number of aromatic nitrogens is 1. The van der Waals surface area contributed by atoms with Gasteiger partial charge in [-0.25, -0.2) is 4.98 Å². The summed E-state index contributed by atoms with van der Waals surface area (Å²) in [7, 11) is 1.62. The number of nitrogens with zero attached hydrogens (tertiary/aromatic N) is 1. The minimum Gasteiger partial charge on any atom is -0.598 e. The number of fused-ring (bicyclic) bond motifs is 1. The van der Waals surface area contributed by atoms with Crippen LogP contribution in [0.25, 0.3) is 10.8 Å². The molecule has 2 aromatic rings. The largest absolute Gasteiger partial charge is 0.598 e. The van der Waals surface area contributed by atoms with E-state index in [0.29, 0.717) is 5.88 Å². The Bertz CT molecular complexity index is 625. The first kappa shape index (κ1) is 16.1. The Morgan fingerprint density at radius 3 is 2.43 bits per heavy atom. The fraction of sp³-hybridized carbons (Fsp3) is 0.438. The predicted octanol–water partition coefficient (Wildman–Crippen LogP) is 3.36. The number of rotatable bonds is 4. The van der Waals surface area contributed by atoms with Crippen LogP contribution in [0.15, 0.2) is 30.5 Å². The maximum Gasteiger partial charge on any atom is 0.221 e. The summed E-state index contributed by atoms with van der Waals surface area (Å²) in [5, 5.41) is 2.03. The minimum absolute atomic E-state index is 0.0617. The van der Waals surface area contributed by atoms with E-state index in [1.54, 1.807) is 13.3 Å². The molecule has 1 aromatic heterocycles. The summed E-state index contributed by atoms with van der Waals surface area (Å²) in [4.78, 5) is 4.35. The molecule has 0 aliphatic carbocycles. The number of benzene rings is 1. The van der Waals surface area contributed by atoms with Crippen LogP contribution in [0.3, 0.4) is 0 Å². The second kappa shape index (κ2) is 6.22. The lowest BCUT2D eigenvalue weighted by Gasteiger charge is -2.27. The predicted molar refractivity (Wildman–Crippen MR) is 87.7 cm³/mol. The van der Waals surface area contributed by atoms with Crippen LogP contribution in [0.5, 0.6) is 5.88 Å². The molecule has 0 aliphatic rings. The summed E-state index contributed by atoms with van der Waals surface area (Å²) >= 11 is -1.13. The summed E-state index contributed by atoms with van der Waals surface area (Å²) in [5.74, 6) is 0.610. The van der Waals surface area contributed by atoms with Gasteiger partial charge in [0.15, 0.2) is 0 Å². The zero-order valence-corrected chi connectivity index (χ0v) is 14.0. The highest BCUT2D eigenvalue weighted by Crippen LogP contribution is 2.30. The van der Waals surface area contributed by atoms with Crippen molar-refractivity contribution in [3.05, 3.63) is 36.0 Å². The topological polar surface area (TPSA) is 57.2 Å². The monoisotopic (exact) mass is 306 g/mol. The van der Waals surface area contributed by atoms with Crippen molar-refractivity contribution in [1.82, 2.24) is 9.71 Å². The molecule has 114 valence electrons. The first-order valence-corrected chi connectivity index (χ1v) is 8.09. The van der Waals surface area contributed by atoms with E-state index in [0.717, 1.165) is 16.3 Å². The molecule has 0 spiro atoms. The molecule has 5 heteroatoms. The van der Waals surface area contributed by atoms with Crippen LogP contribution >= 0.6 is 0 Å². The zero-order valence-electron chi connectivity index (χ0n) is 13.1. The number of nitrogens with one attached hydrogen (secondary N) is 1. The molecule has 0 aliphatic heterocycles. The van der Waals surface area contributed by atoms with Gasteiger partial charge in [-0.2, -0.15) is 0 Å². The highest BCUT2D eigenvalue weighted by atomic mass is 32.2. The van der Waals surface area contributed by atoms with Gasteiger partial charge in [0.2, 0.25) is 5.88 Å². The number of hydrogen-bond acceptors (Lipinski definition) is 4. The fourth-order valence-electron chi connectivity index (χ4n) is 2.10. The molecule has 1 N–H and O–H groups in total. The fourth-order valence-corrected chi connectivity index (χ4v) is 2.90. The Labute approximate surface area is 129 Å². The molecule has 0 amide bonds. The van der Waals surface area contributed by atoms with Crippen molar-refractivity contribution in [2.75, 3.05) is 7.11 Å². The molecule has 0 saturated heterocycles. The van der Waals surface area contributed by atoms with Crippen molar-refractivity contribution in [3.63, 3.8) is 0 Å².